The fourth-order valence-corrected chi connectivity index (χ4v) is 7.66. The minimum atomic E-state index is -0.324. The van der Waals surface area contributed by atoms with Crippen LogP contribution in [0, 0.1) is 29.1 Å². The molecular formula is C24H31N3O2. The number of anilines is 1. The predicted octanol–water partition coefficient (Wildman–Crippen LogP) is 4.42. The van der Waals surface area contributed by atoms with Crippen LogP contribution in [0.1, 0.15) is 58.1 Å². The molecule has 1 amide bonds. The van der Waals surface area contributed by atoms with Crippen LogP contribution in [-0.4, -0.2) is 15.3 Å². The van der Waals surface area contributed by atoms with E-state index in [1.54, 1.807) is 4.68 Å². The molecule has 2 aromatic rings. The molecule has 0 radical (unpaired) electrons. The van der Waals surface area contributed by atoms with E-state index in [-0.39, 0.29) is 27.7 Å². The van der Waals surface area contributed by atoms with Crippen molar-refractivity contribution in [1.29, 1.82) is 0 Å². The summed E-state index contributed by atoms with van der Waals surface area (Å²) in [6, 6.07) is 9.58. The average Bonchev–Trinajstić information content (AvgIpc) is 2.83. The van der Waals surface area contributed by atoms with Gasteiger partial charge < -0.3 is 5.32 Å². The molecule has 4 aliphatic carbocycles. The van der Waals surface area contributed by atoms with E-state index in [2.05, 4.69) is 19.2 Å². The molecule has 0 saturated heterocycles. The molecule has 4 saturated carbocycles. The molecule has 4 fully saturated rings. The molecule has 1 N–H and O–H groups in total. The van der Waals surface area contributed by atoms with Crippen molar-refractivity contribution in [2.75, 3.05) is 5.32 Å². The van der Waals surface area contributed by atoms with E-state index in [4.69, 9.17) is 0 Å². The lowest BCUT2D eigenvalue weighted by Gasteiger charge is -2.64. The first-order chi connectivity index (χ1) is 13.6. The summed E-state index contributed by atoms with van der Waals surface area (Å²) < 4.78 is 3.46. The van der Waals surface area contributed by atoms with Crippen LogP contribution >= 0.6 is 0 Å². The summed E-state index contributed by atoms with van der Waals surface area (Å²) in [6.45, 7) is 6.64. The molecular weight excluding hydrogens is 362 g/mol. The second-order valence-electron chi connectivity index (χ2n) is 10.8. The van der Waals surface area contributed by atoms with Crippen molar-refractivity contribution < 1.29 is 4.79 Å². The highest BCUT2D eigenvalue weighted by atomic mass is 16.2. The summed E-state index contributed by atoms with van der Waals surface area (Å²) in [7, 11) is 1.87. The number of para-hydroxylation sites is 1. The van der Waals surface area contributed by atoms with Gasteiger partial charge in [-0.25, -0.2) is 4.68 Å². The Bertz CT molecular complexity index is 1030. The van der Waals surface area contributed by atoms with Gasteiger partial charge in [-0.05, 0) is 74.3 Å². The smallest absolute Gasteiger partial charge is 0.295 e. The Morgan fingerprint density at radius 2 is 1.66 bits per heavy atom. The summed E-state index contributed by atoms with van der Waals surface area (Å²) >= 11 is 0. The van der Waals surface area contributed by atoms with Gasteiger partial charge in [0.25, 0.3) is 5.56 Å². The zero-order chi connectivity index (χ0) is 20.6. The van der Waals surface area contributed by atoms with Gasteiger partial charge in [0.05, 0.1) is 16.8 Å². The molecule has 4 aliphatic rings. The molecule has 2 unspecified atom stereocenters. The maximum atomic E-state index is 13.6. The summed E-state index contributed by atoms with van der Waals surface area (Å²) in [5.74, 6) is 0.704. The fourth-order valence-electron chi connectivity index (χ4n) is 7.66. The van der Waals surface area contributed by atoms with Gasteiger partial charge in [0, 0.05) is 7.05 Å². The second kappa shape index (κ2) is 5.87. The third kappa shape index (κ3) is 2.73. The average molecular weight is 394 g/mol. The van der Waals surface area contributed by atoms with Crippen LogP contribution in [0.15, 0.2) is 35.1 Å². The van der Waals surface area contributed by atoms with E-state index in [0.29, 0.717) is 11.6 Å². The number of carbonyl (C=O) groups excluding carboxylic acids is 1. The Kier molecular flexibility index (Phi) is 3.78. The highest BCUT2D eigenvalue weighted by Gasteiger charge is 2.62. The Balaban J connectivity index is 1.50. The van der Waals surface area contributed by atoms with Gasteiger partial charge >= 0.3 is 0 Å². The molecule has 1 heterocycles. The molecule has 5 heteroatoms. The lowest BCUT2D eigenvalue weighted by atomic mass is 9.40. The molecule has 1 aromatic heterocycles. The van der Waals surface area contributed by atoms with Gasteiger partial charge in [-0.15, -0.1) is 0 Å². The van der Waals surface area contributed by atoms with E-state index in [1.807, 2.05) is 49.0 Å². The van der Waals surface area contributed by atoms with Crippen molar-refractivity contribution in [3.63, 3.8) is 0 Å². The quantitative estimate of drug-likeness (QED) is 0.839. The van der Waals surface area contributed by atoms with Gasteiger partial charge in [0.15, 0.2) is 0 Å². The summed E-state index contributed by atoms with van der Waals surface area (Å²) in [6.07, 6.45) is 6.62. The van der Waals surface area contributed by atoms with E-state index in [0.717, 1.165) is 30.6 Å². The molecule has 29 heavy (non-hydrogen) atoms. The SMILES string of the molecule is Cc1c(NC(=O)C23CC4C[C@@](C)(C2)C[C@](C)(C4)C3)c(=O)n(-c2ccccc2)n1C. The largest absolute Gasteiger partial charge is 0.319 e. The normalized spacial score (nSPS) is 35.1. The number of nitrogens with one attached hydrogen (secondary N) is 1. The molecule has 0 aliphatic heterocycles. The number of nitrogens with zero attached hydrogens (tertiary/aromatic N) is 2. The minimum absolute atomic E-state index is 0.0602. The van der Waals surface area contributed by atoms with Crippen molar-refractivity contribution in [1.82, 2.24) is 9.36 Å². The number of benzene rings is 1. The number of rotatable bonds is 3. The van der Waals surface area contributed by atoms with Gasteiger partial charge in [0.2, 0.25) is 5.91 Å². The van der Waals surface area contributed by atoms with Crippen LogP contribution in [0.4, 0.5) is 5.69 Å². The number of aromatic nitrogens is 2. The summed E-state index contributed by atoms with van der Waals surface area (Å²) in [5, 5.41) is 3.11. The predicted molar refractivity (Wildman–Crippen MR) is 114 cm³/mol. The number of amides is 1. The van der Waals surface area contributed by atoms with Gasteiger partial charge in [-0.2, -0.15) is 0 Å². The Morgan fingerprint density at radius 1 is 1.03 bits per heavy atom. The van der Waals surface area contributed by atoms with Crippen molar-refractivity contribution in [3.8, 4) is 5.69 Å². The van der Waals surface area contributed by atoms with Gasteiger partial charge in [-0.1, -0.05) is 32.0 Å². The molecule has 6 rings (SSSR count). The standard InChI is InChI=1S/C24H31N3O2/c1-16-19(20(28)27(26(16)4)18-8-6-5-7-9-18)25-21(29)24-12-17-10-22(2,14-24)13-23(3,11-17)15-24/h5-9,17H,10-15H2,1-4H3,(H,25,29)/t17?,22-,23+,24?. The number of hydrogen-bond donors (Lipinski definition) is 1. The van der Waals surface area contributed by atoms with E-state index >= 15 is 0 Å². The van der Waals surface area contributed by atoms with Crippen molar-refractivity contribution in [3.05, 3.63) is 46.4 Å². The molecule has 4 atom stereocenters. The van der Waals surface area contributed by atoms with Crippen molar-refractivity contribution in [2.24, 2.45) is 29.2 Å². The van der Waals surface area contributed by atoms with Gasteiger partial charge in [0.1, 0.15) is 5.69 Å². The maximum absolute atomic E-state index is 13.6. The Labute approximate surface area is 172 Å². The zero-order valence-corrected chi connectivity index (χ0v) is 17.9. The Morgan fingerprint density at radius 3 is 2.24 bits per heavy atom. The monoisotopic (exact) mass is 393 g/mol. The third-order valence-corrected chi connectivity index (χ3v) is 7.90. The molecule has 5 nitrogen and oxygen atoms in total. The van der Waals surface area contributed by atoms with Crippen LogP contribution in [0.5, 0.6) is 0 Å². The maximum Gasteiger partial charge on any atom is 0.295 e. The zero-order valence-electron chi connectivity index (χ0n) is 17.9. The lowest BCUT2D eigenvalue weighted by molar-refractivity contribution is -0.165. The van der Waals surface area contributed by atoms with Crippen LogP contribution < -0.4 is 10.9 Å². The fraction of sp³-hybridized carbons (Fsp3) is 0.583. The molecule has 1 aromatic carbocycles. The first-order valence-corrected chi connectivity index (χ1v) is 10.8. The lowest BCUT2D eigenvalue weighted by Crippen LogP contribution is -2.58. The first-order valence-electron chi connectivity index (χ1n) is 10.8. The molecule has 0 spiro atoms. The van der Waals surface area contributed by atoms with E-state index < -0.39 is 0 Å². The highest BCUT2D eigenvalue weighted by Crippen LogP contribution is 2.69. The van der Waals surface area contributed by atoms with Crippen molar-refractivity contribution in [2.45, 2.75) is 59.3 Å². The molecule has 4 bridgehead atoms. The van der Waals surface area contributed by atoms with Crippen LogP contribution in [0.25, 0.3) is 5.69 Å². The molecule has 154 valence electrons. The number of carbonyl (C=O) groups is 1. The van der Waals surface area contributed by atoms with Gasteiger partial charge in [-0.3, -0.25) is 14.3 Å². The third-order valence-electron chi connectivity index (χ3n) is 7.90. The topological polar surface area (TPSA) is 56.0 Å². The van der Waals surface area contributed by atoms with Crippen LogP contribution in [-0.2, 0) is 11.8 Å². The highest BCUT2D eigenvalue weighted by molar-refractivity contribution is 5.96. The van der Waals surface area contributed by atoms with E-state index in [9.17, 15) is 9.59 Å². The minimum Gasteiger partial charge on any atom is -0.319 e. The van der Waals surface area contributed by atoms with E-state index in [1.165, 1.54) is 19.3 Å². The summed E-state index contributed by atoms with van der Waals surface area (Å²) in [4.78, 5) is 26.9. The van der Waals surface area contributed by atoms with Crippen LogP contribution in [0.2, 0.25) is 0 Å². The van der Waals surface area contributed by atoms with Crippen molar-refractivity contribution >= 4 is 11.6 Å². The summed E-state index contributed by atoms with van der Waals surface area (Å²) in [5.41, 5.74) is 2.06. The first kappa shape index (κ1) is 18.7. The second-order valence-corrected chi connectivity index (χ2v) is 10.8. The number of hydrogen-bond acceptors (Lipinski definition) is 2. The Hall–Kier alpha value is -2.30. The van der Waals surface area contributed by atoms with Crippen LogP contribution in [0.3, 0.4) is 0 Å².